The van der Waals surface area contributed by atoms with Gasteiger partial charge in [0.25, 0.3) is 5.91 Å². The molecule has 1 saturated heterocycles. The number of benzene rings is 1. The molecule has 0 saturated carbocycles. The minimum atomic E-state index is -4.42. The van der Waals surface area contributed by atoms with Gasteiger partial charge in [0.05, 0.1) is 17.7 Å². The molecule has 0 bridgehead atoms. The molecule has 29 heavy (non-hydrogen) atoms. The fraction of sp³-hybridized carbons (Fsp3) is 0.429. The number of piperidine rings is 1. The molecule has 1 aliphatic rings. The monoisotopic (exact) mass is 407 g/mol. The normalized spacial score (nSPS) is 19.7. The number of carbonyl (C=O) groups is 1. The van der Waals surface area contributed by atoms with Gasteiger partial charge in [-0.1, -0.05) is 12.1 Å². The van der Waals surface area contributed by atoms with Crippen LogP contribution in [0.5, 0.6) is 5.75 Å². The Bertz CT molecular complexity index is 840. The number of nitrogens with one attached hydrogen (secondary N) is 1. The predicted octanol–water partition coefficient (Wildman–Crippen LogP) is 4.60. The summed E-state index contributed by atoms with van der Waals surface area (Å²) in [5.74, 6) is 0.791. The first-order valence-corrected chi connectivity index (χ1v) is 9.64. The van der Waals surface area contributed by atoms with Gasteiger partial charge in [0.15, 0.2) is 0 Å². The van der Waals surface area contributed by atoms with Crippen molar-refractivity contribution in [1.29, 1.82) is 0 Å². The van der Waals surface area contributed by atoms with Gasteiger partial charge in [0.2, 0.25) is 0 Å². The van der Waals surface area contributed by atoms with E-state index in [4.69, 9.17) is 4.74 Å². The van der Waals surface area contributed by atoms with Gasteiger partial charge in [-0.15, -0.1) is 0 Å². The zero-order valence-corrected chi connectivity index (χ0v) is 16.4. The summed E-state index contributed by atoms with van der Waals surface area (Å²) in [6.07, 6.45) is -2.02. The van der Waals surface area contributed by atoms with E-state index in [0.29, 0.717) is 30.3 Å². The maximum absolute atomic E-state index is 13.1. The highest BCUT2D eigenvalue weighted by Gasteiger charge is 2.33. The number of likely N-dealkylation sites (tertiary alicyclic amines) is 1. The molecule has 1 aromatic heterocycles. The molecule has 5 nitrogen and oxygen atoms in total. The Morgan fingerprint density at radius 1 is 1.28 bits per heavy atom. The van der Waals surface area contributed by atoms with Crippen LogP contribution < -0.4 is 10.1 Å². The van der Waals surface area contributed by atoms with E-state index >= 15 is 0 Å². The van der Waals surface area contributed by atoms with E-state index in [9.17, 15) is 18.0 Å². The van der Waals surface area contributed by atoms with Crippen molar-refractivity contribution in [3.05, 3.63) is 53.7 Å². The SMILES string of the molecule is CCOc1ccccc1C(=O)N1CCC[C@@H](Nc2ccc(C(F)(F)F)cn2)[C@H]1C. The fourth-order valence-electron chi connectivity index (χ4n) is 3.54. The van der Waals surface area contributed by atoms with Crippen molar-refractivity contribution < 1.29 is 22.7 Å². The van der Waals surface area contributed by atoms with Gasteiger partial charge in [0, 0.05) is 24.8 Å². The van der Waals surface area contributed by atoms with Crippen molar-refractivity contribution in [3.63, 3.8) is 0 Å². The van der Waals surface area contributed by atoms with Crippen LogP contribution in [0.2, 0.25) is 0 Å². The molecule has 2 heterocycles. The summed E-state index contributed by atoms with van der Waals surface area (Å²) < 4.78 is 43.7. The Balaban J connectivity index is 1.73. The summed E-state index contributed by atoms with van der Waals surface area (Å²) in [5, 5.41) is 3.18. The third-order valence-electron chi connectivity index (χ3n) is 5.09. The lowest BCUT2D eigenvalue weighted by Crippen LogP contribution is -2.52. The van der Waals surface area contributed by atoms with Gasteiger partial charge in [-0.2, -0.15) is 13.2 Å². The number of rotatable bonds is 5. The van der Waals surface area contributed by atoms with Crippen molar-refractivity contribution in [2.75, 3.05) is 18.5 Å². The Morgan fingerprint density at radius 2 is 2.03 bits per heavy atom. The second-order valence-electron chi connectivity index (χ2n) is 6.99. The standard InChI is InChI=1S/C21H24F3N3O2/c1-3-29-18-9-5-4-7-16(18)20(28)27-12-6-8-17(14(27)2)26-19-11-10-15(13-25-19)21(22,23)24/h4-5,7,9-11,13-14,17H,3,6,8,12H2,1-2H3,(H,25,26)/t14-,17-/m1/s1. The molecule has 1 fully saturated rings. The number of para-hydroxylation sites is 1. The average Bonchev–Trinajstić information content (AvgIpc) is 2.69. The van der Waals surface area contributed by atoms with Gasteiger partial charge in [-0.25, -0.2) is 4.98 Å². The Labute approximate surface area is 167 Å². The van der Waals surface area contributed by atoms with Crippen LogP contribution in [0.15, 0.2) is 42.6 Å². The van der Waals surface area contributed by atoms with E-state index < -0.39 is 11.7 Å². The second-order valence-corrected chi connectivity index (χ2v) is 6.99. The maximum Gasteiger partial charge on any atom is 0.417 e. The summed E-state index contributed by atoms with van der Waals surface area (Å²) in [6.45, 7) is 4.87. The van der Waals surface area contributed by atoms with Crippen LogP contribution >= 0.6 is 0 Å². The van der Waals surface area contributed by atoms with Crippen LogP contribution in [0.4, 0.5) is 19.0 Å². The number of ether oxygens (including phenoxy) is 1. The Kier molecular flexibility index (Phi) is 6.30. The number of carbonyl (C=O) groups excluding carboxylic acids is 1. The molecule has 2 atom stereocenters. The highest BCUT2D eigenvalue weighted by atomic mass is 19.4. The van der Waals surface area contributed by atoms with Crippen molar-refractivity contribution >= 4 is 11.7 Å². The molecule has 1 aromatic carbocycles. The minimum Gasteiger partial charge on any atom is -0.493 e. The number of halogens is 3. The van der Waals surface area contributed by atoms with Gasteiger partial charge in [-0.05, 0) is 51.0 Å². The first-order valence-electron chi connectivity index (χ1n) is 9.64. The Morgan fingerprint density at radius 3 is 2.69 bits per heavy atom. The van der Waals surface area contributed by atoms with E-state index in [1.54, 1.807) is 23.1 Å². The molecule has 1 aliphatic heterocycles. The van der Waals surface area contributed by atoms with Crippen LogP contribution in [0.25, 0.3) is 0 Å². The topological polar surface area (TPSA) is 54.5 Å². The van der Waals surface area contributed by atoms with E-state index in [1.807, 2.05) is 19.9 Å². The second kappa shape index (κ2) is 8.71. The van der Waals surface area contributed by atoms with Crippen LogP contribution in [-0.2, 0) is 6.18 Å². The molecule has 0 spiro atoms. The van der Waals surface area contributed by atoms with Crippen molar-refractivity contribution in [3.8, 4) is 5.75 Å². The first kappa shape index (κ1) is 21.0. The number of alkyl halides is 3. The van der Waals surface area contributed by atoms with Gasteiger partial charge in [0.1, 0.15) is 11.6 Å². The van der Waals surface area contributed by atoms with Crippen LogP contribution in [0.1, 0.15) is 42.6 Å². The number of amides is 1. The summed E-state index contributed by atoms with van der Waals surface area (Å²) in [6, 6.07) is 9.19. The maximum atomic E-state index is 13.1. The minimum absolute atomic E-state index is 0.115. The molecule has 0 radical (unpaired) electrons. The number of hydrogen-bond donors (Lipinski definition) is 1. The third-order valence-corrected chi connectivity index (χ3v) is 5.09. The molecule has 0 aliphatic carbocycles. The number of pyridine rings is 1. The first-order chi connectivity index (χ1) is 13.8. The summed E-state index contributed by atoms with van der Waals surface area (Å²) in [5.41, 5.74) is -0.279. The zero-order chi connectivity index (χ0) is 21.0. The third kappa shape index (κ3) is 4.81. The van der Waals surface area contributed by atoms with E-state index in [0.717, 1.165) is 25.1 Å². The predicted molar refractivity (Wildman–Crippen MR) is 104 cm³/mol. The molecule has 0 unspecified atom stereocenters. The Hall–Kier alpha value is -2.77. The van der Waals surface area contributed by atoms with Crippen molar-refractivity contribution in [2.24, 2.45) is 0 Å². The van der Waals surface area contributed by atoms with Gasteiger partial charge < -0.3 is 15.0 Å². The number of anilines is 1. The smallest absolute Gasteiger partial charge is 0.417 e. The quantitative estimate of drug-likeness (QED) is 0.787. The highest BCUT2D eigenvalue weighted by Crippen LogP contribution is 2.30. The lowest BCUT2D eigenvalue weighted by Gasteiger charge is -2.40. The van der Waals surface area contributed by atoms with Crippen LogP contribution in [-0.4, -0.2) is 41.0 Å². The molecule has 1 amide bonds. The fourth-order valence-corrected chi connectivity index (χ4v) is 3.54. The average molecular weight is 407 g/mol. The van der Waals surface area contributed by atoms with Gasteiger partial charge >= 0.3 is 6.18 Å². The molecule has 156 valence electrons. The summed E-state index contributed by atoms with van der Waals surface area (Å²) >= 11 is 0. The van der Waals surface area contributed by atoms with Crippen LogP contribution in [0, 0.1) is 0 Å². The molecule has 2 aromatic rings. The highest BCUT2D eigenvalue weighted by molar-refractivity contribution is 5.97. The van der Waals surface area contributed by atoms with E-state index in [2.05, 4.69) is 10.3 Å². The molecule has 3 rings (SSSR count). The lowest BCUT2D eigenvalue weighted by atomic mass is 9.96. The van der Waals surface area contributed by atoms with E-state index in [1.165, 1.54) is 6.07 Å². The largest absolute Gasteiger partial charge is 0.493 e. The molecule has 1 N–H and O–H groups in total. The van der Waals surface area contributed by atoms with Crippen molar-refractivity contribution in [2.45, 2.75) is 44.9 Å². The molecule has 8 heteroatoms. The van der Waals surface area contributed by atoms with Crippen LogP contribution in [0.3, 0.4) is 0 Å². The lowest BCUT2D eigenvalue weighted by molar-refractivity contribution is -0.137. The molecular formula is C21H24F3N3O2. The summed E-state index contributed by atoms with van der Waals surface area (Å²) in [4.78, 5) is 18.8. The number of nitrogens with zero attached hydrogens (tertiary/aromatic N) is 2. The van der Waals surface area contributed by atoms with Gasteiger partial charge in [-0.3, -0.25) is 4.79 Å². The number of aromatic nitrogens is 1. The van der Waals surface area contributed by atoms with E-state index in [-0.39, 0.29) is 18.0 Å². The zero-order valence-electron chi connectivity index (χ0n) is 16.4. The molecular weight excluding hydrogens is 383 g/mol. The number of hydrogen-bond acceptors (Lipinski definition) is 4. The summed E-state index contributed by atoms with van der Waals surface area (Å²) in [7, 11) is 0. The van der Waals surface area contributed by atoms with Crippen molar-refractivity contribution in [1.82, 2.24) is 9.88 Å².